The highest BCUT2D eigenvalue weighted by atomic mass is 19.4. The van der Waals surface area contributed by atoms with Crippen LogP contribution in [0, 0.1) is 6.33 Å². The number of rotatable bonds is 22. The topological polar surface area (TPSA) is 0 Å². The summed E-state index contributed by atoms with van der Waals surface area (Å²) in [5.74, 6) is -232. The van der Waals surface area contributed by atoms with Gasteiger partial charge in [-0.05, 0) is 0 Å². The van der Waals surface area contributed by atoms with Crippen molar-refractivity contribution in [3.8, 4) is 0 Å². The van der Waals surface area contributed by atoms with Gasteiger partial charge in [0.25, 0.3) is 0 Å². The summed E-state index contributed by atoms with van der Waals surface area (Å²) < 4.78 is 667. The van der Waals surface area contributed by atoms with Crippen molar-refractivity contribution in [3.63, 3.8) is 0 Å². The fourth-order valence-corrected chi connectivity index (χ4v) is 4.32. The second kappa shape index (κ2) is 16.9. The first-order valence-electron chi connectivity index (χ1n) is 15.3. The van der Waals surface area contributed by atoms with Crippen LogP contribution < -0.4 is 0 Å². The smallest absolute Gasteiger partial charge is 0.201 e. The van der Waals surface area contributed by atoms with Crippen LogP contribution in [0.5, 0.6) is 0 Å². The van der Waals surface area contributed by atoms with Gasteiger partial charge in [-0.25, -0.2) is 8.78 Å². The van der Waals surface area contributed by atoms with Crippen LogP contribution in [0.3, 0.4) is 0 Å². The van der Waals surface area contributed by atoms with E-state index in [1.807, 2.05) is 0 Å². The first-order chi connectivity index (χ1) is 31.0. The molecule has 0 aromatic carbocycles. The van der Waals surface area contributed by atoms with E-state index in [9.17, 15) is 215 Å². The fourth-order valence-electron chi connectivity index (χ4n) is 4.32. The SMILES string of the molecule is F/[C]=C(\F)C(F)(F)C(F)(F)C(F)(F)C(F)(F)C(F)(F)C(F)(F)C(F)(F)C(F)(F)C(F)(F)C(F)(F)C(F)(F)C(F)(F)C(F)(F)C(F)(F)C(F)(F)C(F)(F)C(F)(F)C(F)(F)C(F)(F)C(F)(F)C(F)(F)C(F)(F)C(F)(F)F. The quantitative estimate of drug-likeness (QED) is 0.0948. The molecule has 0 unspecified atom stereocenters. The lowest BCUT2D eigenvalue weighted by Crippen LogP contribution is -2.81. The Labute approximate surface area is 365 Å². The van der Waals surface area contributed by atoms with Gasteiger partial charge < -0.3 is 0 Å². The number of alkyl halides is 47. The Hall–Kier alpha value is -3.69. The first kappa shape index (κ1) is 70.3. The zero-order chi connectivity index (χ0) is 61.8. The van der Waals surface area contributed by atoms with E-state index in [0.717, 1.165) is 0 Å². The van der Waals surface area contributed by atoms with Crippen molar-refractivity contribution in [1.82, 2.24) is 0 Å². The van der Waals surface area contributed by atoms with Crippen molar-refractivity contribution in [2.75, 3.05) is 0 Å². The highest BCUT2D eigenvalue weighted by molar-refractivity contribution is 5.25. The zero-order valence-corrected chi connectivity index (χ0v) is 31.0. The van der Waals surface area contributed by atoms with Gasteiger partial charge in [-0.3, -0.25) is 0 Å². The minimum atomic E-state index is -10.9. The average molecular weight is 1230 g/mol. The lowest BCUT2D eigenvalue weighted by molar-refractivity contribution is -0.497. The first-order valence-corrected chi connectivity index (χ1v) is 15.3. The van der Waals surface area contributed by atoms with Gasteiger partial charge in [0.1, 0.15) is 0 Å². The Morgan fingerprint density at radius 1 is 0.162 bits per heavy atom. The molecule has 0 rings (SSSR count). The molecule has 0 aromatic rings. The number of allylic oxidation sites excluding steroid dienone is 1. The number of hydrogen-bond acceptors (Lipinski definition) is 0. The van der Waals surface area contributed by atoms with E-state index in [4.69, 9.17) is 0 Å². The maximum absolute atomic E-state index is 14.1. The van der Waals surface area contributed by atoms with Crippen LogP contribution in [-0.4, -0.2) is 136 Å². The molecule has 0 aromatic heterocycles. The molecule has 443 valence electrons. The molecular formula is C25F49. The fraction of sp³-hybridized carbons (Fsp3) is 0.920. The summed E-state index contributed by atoms with van der Waals surface area (Å²) in [5.41, 5.74) is 0. The molecule has 0 fully saturated rings. The minimum Gasteiger partial charge on any atom is -0.201 e. The summed E-state index contributed by atoms with van der Waals surface area (Å²) in [6, 6.07) is 0. The average Bonchev–Trinajstić information content (AvgIpc) is 3.18. The standard InChI is InChI=1S/C25F49/c26-1-2(27)3(28,29)4(30,31)5(32,33)6(34,35)7(36,37)8(38,39)9(40,41)10(42,43)11(44,45)12(46,47)13(48,49)14(50,51)15(52,53)16(54,55)17(56,57)18(58,59)19(60,61)20(62,63)21(64,65)22(66,67)23(68,69)24(70,71)25(72,73)74. The molecule has 74 heavy (non-hydrogen) atoms. The summed E-state index contributed by atoms with van der Waals surface area (Å²) in [5, 5.41) is 0. The third kappa shape index (κ3) is 7.56. The van der Waals surface area contributed by atoms with Gasteiger partial charge in [-0.15, -0.1) is 0 Å². The summed E-state index contributed by atoms with van der Waals surface area (Å²) in [6.07, 6.45) is -10.2. The summed E-state index contributed by atoms with van der Waals surface area (Å²) in [7, 11) is 0. The number of hydrogen-bond donors (Lipinski definition) is 0. The highest BCUT2D eigenvalue weighted by Gasteiger charge is 3.04. The maximum atomic E-state index is 14.1. The minimum absolute atomic E-state index is 1.55. The summed E-state index contributed by atoms with van der Waals surface area (Å²) >= 11 is 0. The van der Waals surface area contributed by atoms with Gasteiger partial charge in [0.2, 0.25) is 5.83 Å². The summed E-state index contributed by atoms with van der Waals surface area (Å²) in [4.78, 5) is 0. The molecule has 0 aliphatic carbocycles. The van der Waals surface area contributed by atoms with E-state index in [-0.39, 0.29) is 0 Å². The van der Waals surface area contributed by atoms with Crippen LogP contribution in [0.1, 0.15) is 0 Å². The van der Waals surface area contributed by atoms with E-state index in [2.05, 4.69) is 0 Å². The van der Waals surface area contributed by atoms with Crippen LogP contribution in [0.15, 0.2) is 5.83 Å². The molecule has 0 heterocycles. The zero-order valence-electron chi connectivity index (χ0n) is 31.0. The molecule has 1 radical (unpaired) electrons. The van der Waals surface area contributed by atoms with Crippen molar-refractivity contribution < 1.29 is 215 Å². The normalized spacial score (nSPS) is 17.6. The molecule has 0 aliphatic heterocycles. The molecule has 0 atom stereocenters. The van der Waals surface area contributed by atoms with Gasteiger partial charge >= 0.3 is 136 Å². The third-order valence-electron chi connectivity index (χ3n) is 9.00. The molecule has 0 aliphatic rings. The Bertz CT molecular complexity index is 2060. The van der Waals surface area contributed by atoms with Crippen LogP contribution in [-0.2, 0) is 0 Å². The molecular weight excluding hydrogens is 1230 g/mol. The monoisotopic (exact) mass is 1230 g/mol. The molecule has 0 bridgehead atoms. The van der Waals surface area contributed by atoms with Gasteiger partial charge in [0.05, 0.1) is 0 Å². The van der Waals surface area contributed by atoms with E-state index < -0.39 is 149 Å². The Kier molecular flexibility index (Phi) is 16.1. The van der Waals surface area contributed by atoms with Crippen molar-refractivity contribution in [2.24, 2.45) is 0 Å². The van der Waals surface area contributed by atoms with Gasteiger partial charge in [0, 0.05) is 0 Å². The Balaban J connectivity index is 8.18. The van der Waals surface area contributed by atoms with E-state index >= 15 is 0 Å². The third-order valence-corrected chi connectivity index (χ3v) is 9.00. The second-order valence-corrected chi connectivity index (χ2v) is 13.5. The van der Waals surface area contributed by atoms with E-state index in [0.29, 0.717) is 0 Å². The Morgan fingerprint density at radius 3 is 0.351 bits per heavy atom. The predicted molar refractivity (Wildman–Crippen MR) is 124 cm³/mol. The van der Waals surface area contributed by atoms with Crippen molar-refractivity contribution in [1.29, 1.82) is 0 Å². The lowest BCUT2D eigenvalue weighted by atomic mass is 9.81. The molecule has 0 N–H and O–H groups in total. The van der Waals surface area contributed by atoms with Crippen molar-refractivity contribution in [2.45, 2.75) is 136 Å². The van der Waals surface area contributed by atoms with Crippen LogP contribution in [0.2, 0.25) is 0 Å². The largest absolute Gasteiger partial charge is 0.460 e. The van der Waals surface area contributed by atoms with Gasteiger partial charge in [-0.2, -0.15) is 206 Å². The number of halogens is 49. The van der Waals surface area contributed by atoms with Crippen LogP contribution >= 0.6 is 0 Å². The van der Waals surface area contributed by atoms with Gasteiger partial charge in [0.15, 0.2) is 6.33 Å². The second-order valence-electron chi connectivity index (χ2n) is 13.5. The van der Waals surface area contributed by atoms with Crippen molar-refractivity contribution >= 4 is 0 Å². The molecule has 49 heteroatoms. The molecule has 0 saturated carbocycles. The molecule has 0 amide bonds. The van der Waals surface area contributed by atoms with Crippen LogP contribution in [0.4, 0.5) is 215 Å². The van der Waals surface area contributed by atoms with Crippen LogP contribution in [0.25, 0.3) is 0 Å². The molecule has 0 spiro atoms. The predicted octanol–water partition coefficient (Wildman–Crippen LogP) is 16.1. The summed E-state index contributed by atoms with van der Waals surface area (Å²) in [6.45, 7) is 0. The molecule has 0 nitrogen and oxygen atoms in total. The van der Waals surface area contributed by atoms with Crippen molar-refractivity contribution in [3.05, 3.63) is 12.2 Å². The van der Waals surface area contributed by atoms with Gasteiger partial charge in [-0.1, -0.05) is 0 Å². The van der Waals surface area contributed by atoms with E-state index in [1.165, 1.54) is 0 Å². The highest BCUT2D eigenvalue weighted by Crippen LogP contribution is 2.72. The molecule has 0 saturated heterocycles. The van der Waals surface area contributed by atoms with E-state index in [1.54, 1.807) is 0 Å². The maximum Gasteiger partial charge on any atom is 0.460 e. The Morgan fingerprint density at radius 2 is 0.257 bits per heavy atom. The lowest BCUT2D eigenvalue weighted by Gasteiger charge is -2.47.